The topological polar surface area (TPSA) is 129 Å². The van der Waals surface area contributed by atoms with Gasteiger partial charge in [0, 0.05) is 29.2 Å². The highest BCUT2D eigenvalue weighted by atomic mass is 35.5. The number of halogens is 2. The third kappa shape index (κ3) is 6.86. The molecule has 4 rings (SSSR count). The fourth-order valence-corrected chi connectivity index (χ4v) is 5.30. The first-order chi connectivity index (χ1) is 19.9. The van der Waals surface area contributed by atoms with E-state index in [0.717, 1.165) is 17.5 Å². The second kappa shape index (κ2) is 13.1. The van der Waals surface area contributed by atoms with Gasteiger partial charge in [-0.05, 0) is 63.8 Å². The highest BCUT2D eigenvalue weighted by Crippen LogP contribution is 2.34. The summed E-state index contributed by atoms with van der Waals surface area (Å²) in [5, 5.41) is 17.0. The molecule has 11 nitrogen and oxygen atoms in total. The van der Waals surface area contributed by atoms with Crippen molar-refractivity contribution in [1.29, 1.82) is 0 Å². The summed E-state index contributed by atoms with van der Waals surface area (Å²) in [6.07, 6.45) is 1.03. The van der Waals surface area contributed by atoms with E-state index in [0.29, 0.717) is 59.5 Å². The smallest absolute Gasteiger partial charge is 0.315 e. The number of hydrazine groups is 1. The second-order valence-corrected chi connectivity index (χ2v) is 11.5. The molecule has 1 N–H and O–H groups in total. The van der Waals surface area contributed by atoms with E-state index in [4.69, 9.17) is 27.9 Å². The van der Waals surface area contributed by atoms with E-state index in [1.165, 1.54) is 0 Å². The minimum absolute atomic E-state index is 0.187. The van der Waals surface area contributed by atoms with Gasteiger partial charge in [-0.25, -0.2) is 9.69 Å². The van der Waals surface area contributed by atoms with Gasteiger partial charge in [0.15, 0.2) is 5.69 Å². The van der Waals surface area contributed by atoms with Crippen LogP contribution in [0.15, 0.2) is 42.5 Å². The molecule has 0 unspecified atom stereocenters. The Bertz CT molecular complexity index is 1470. The van der Waals surface area contributed by atoms with Crippen LogP contribution in [0.5, 0.6) is 0 Å². The van der Waals surface area contributed by atoms with Crippen LogP contribution < -0.4 is 5.43 Å². The van der Waals surface area contributed by atoms with Crippen molar-refractivity contribution in [3.8, 4) is 16.9 Å². The number of benzene rings is 2. The van der Waals surface area contributed by atoms with Gasteiger partial charge in [-0.3, -0.25) is 15.0 Å². The Morgan fingerprint density at radius 3 is 2.40 bits per heavy atom. The van der Waals surface area contributed by atoms with Gasteiger partial charge in [0.2, 0.25) is 0 Å². The van der Waals surface area contributed by atoms with Crippen LogP contribution in [-0.2, 0) is 19.8 Å². The molecular formula is C29H33Cl2N5O6. The van der Waals surface area contributed by atoms with Crippen molar-refractivity contribution in [3.63, 3.8) is 0 Å². The molecule has 0 aliphatic carbocycles. The van der Waals surface area contributed by atoms with Gasteiger partial charge in [-0.15, -0.1) is 10.1 Å². The highest BCUT2D eigenvalue weighted by Gasteiger charge is 2.32. The van der Waals surface area contributed by atoms with Crippen molar-refractivity contribution in [3.05, 3.63) is 79.4 Å². The average molecular weight is 619 g/mol. The summed E-state index contributed by atoms with van der Waals surface area (Å²) in [5.74, 6) is -0.734. The van der Waals surface area contributed by atoms with Gasteiger partial charge >= 0.3 is 5.97 Å². The fourth-order valence-electron chi connectivity index (χ4n) is 4.81. The van der Waals surface area contributed by atoms with Gasteiger partial charge in [0.25, 0.3) is 11.0 Å². The Morgan fingerprint density at radius 1 is 1.14 bits per heavy atom. The van der Waals surface area contributed by atoms with Crippen LogP contribution in [0.4, 0.5) is 0 Å². The zero-order valence-electron chi connectivity index (χ0n) is 23.9. The minimum atomic E-state index is -0.855. The monoisotopic (exact) mass is 617 g/mol. The van der Waals surface area contributed by atoms with Crippen molar-refractivity contribution in [1.82, 2.24) is 20.2 Å². The predicted octanol–water partition coefficient (Wildman–Crippen LogP) is 5.70. The Balaban J connectivity index is 1.67. The number of esters is 1. The number of carbonyl (C=O) groups excluding carboxylic acids is 2. The summed E-state index contributed by atoms with van der Waals surface area (Å²) in [4.78, 5) is 41.4. The molecule has 2 heterocycles. The highest BCUT2D eigenvalue weighted by molar-refractivity contribution is 6.35. The molecule has 0 radical (unpaired) electrons. The van der Waals surface area contributed by atoms with E-state index in [2.05, 4.69) is 15.4 Å². The van der Waals surface area contributed by atoms with Crippen molar-refractivity contribution in [2.75, 3.05) is 19.7 Å². The molecule has 0 saturated carbocycles. The number of rotatable bonds is 10. The lowest BCUT2D eigenvalue weighted by Gasteiger charge is -2.30. The van der Waals surface area contributed by atoms with E-state index in [1.54, 1.807) is 34.8 Å². The molecule has 2 aromatic carbocycles. The van der Waals surface area contributed by atoms with Crippen LogP contribution in [0.2, 0.25) is 10.0 Å². The first-order valence-corrected chi connectivity index (χ1v) is 14.4. The Labute approximate surface area is 253 Å². The number of ether oxygens (including phenoxy) is 1. The number of hydrogen-bond acceptors (Lipinski definition) is 8. The Hall–Kier alpha value is -3.67. The molecule has 1 aromatic heterocycles. The molecule has 42 heavy (non-hydrogen) atoms. The molecule has 3 aromatic rings. The summed E-state index contributed by atoms with van der Waals surface area (Å²) >= 11 is 12.7. The van der Waals surface area contributed by atoms with Crippen molar-refractivity contribution < 1.29 is 24.3 Å². The van der Waals surface area contributed by atoms with E-state index >= 15 is 0 Å². The van der Waals surface area contributed by atoms with Crippen LogP contribution >= 0.6 is 23.2 Å². The summed E-state index contributed by atoms with van der Waals surface area (Å²) in [6, 6.07) is 12.5. The minimum Gasteiger partial charge on any atom is -0.465 e. The molecule has 224 valence electrons. The zero-order chi connectivity index (χ0) is 30.6. The maximum Gasteiger partial charge on any atom is 0.315 e. The number of piperidine rings is 1. The molecule has 1 saturated heterocycles. The summed E-state index contributed by atoms with van der Waals surface area (Å²) < 4.78 is 7.00. The molecule has 0 spiro atoms. The maximum absolute atomic E-state index is 13.4. The molecule has 13 heteroatoms. The third-order valence-electron chi connectivity index (χ3n) is 7.24. The molecule has 1 aliphatic heterocycles. The van der Waals surface area contributed by atoms with Gasteiger partial charge in [0.1, 0.15) is 6.10 Å². The van der Waals surface area contributed by atoms with Gasteiger partial charge in [0.05, 0.1) is 28.4 Å². The van der Waals surface area contributed by atoms with Gasteiger partial charge in [-0.1, -0.05) is 54.4 Å². The number of aromatic nitrogens is 2. The number of hydrogen-bond donors (Lipinski definition) is 1. The molecular weight excluding hydrogens is 585 g/mol. The van der Waals surface area contributed by atoms with Gasteiger partial charge in [-0.2, -0.15) is 5.10 Å². The third-order valence-corrected chi connectivity index (χ3v) is 7.78. The van der Waals surface area contributed by atoms with Crippen LogP contribution in [0.25, 0.3) is 16.9 Å². The van der Waals surface area contributed by atoms with E-state index in [9.17, 15) is 19.7 Å². The molecule has 0 bridgehead atoms. The molecule has 1 amide bonds. The Kier molecular flexibility index (Phi) is 9.75. The van der Waals surface area contributed by atoms with Gasteiger partial charge < -0.3 is 9.57 Å². The van der Waals surface area contributed by atoms with Crippen molar-refractivity contribution in [2.45, 2.75) is 58.5 Å². The van der Waals surface area contributed by atoms with Crippen molar-refractivity contribution >= 4 is 35.1 Å². The first kappa shape index (κ1) is 31.3. The average Bonchev–Trinajstić information content (AvgIpc) is 3.29. The molecule has 1 aliphatic rings. The normalized spacial score (nSPS) is 14.4. The predicted molar refractivity (Wildman–Crippen MR) is 158 cm³/mol. The fraction of sp³-hybridized carbons (Fsp3) is 0.414. The largest absolute Gasteiger partial charge is 0.465 e. The van der Waals surface area contributed by atoms with E-state index < -0.39 is 22.5 Å². The molecule has 0 atom stereocenters. The quantitative estimate of drug-likeness (QED) is 0.174. The maximum atomic E-state index is 13.4. The lowest BCUT2D eigenvalue weighted by atomic mass is 9.84. The van der Waals surface area contributed by atoms with E-state index in [-0.39, 0.29) is 11.7 Å². The summed E-state index contributed by atoms with van der Waals surface area (Å²) in [5.41, 5.74) is 5.51. The number of nitrogens with zero attached hydrogens (tertiary/aromatic N) is 4. The first-order valence-electron chi connectivity index (χ1n) is 13.6. The lowest BCUT2D eigenvalue weighted by Crippen LogP contribution is -2.48. The lowest BCUT2D eigenvalue weighted by molar-refractivity contribution is -0.769. The summed E-state index contributed by atoms with van der Waals surface area (Å²) in [7, 11) is 0. The number of amides is 1. The number of nitrogens with one attached hydrogen (secondary N) is 1. The van der Waals surface area contributed by atoms with E-state index in [1.807, 2.05) is 45.0 Å². The SMILES string of the molecule is CCCOC(=O)C(C)(C)c1ccc(-c2c(C)c(C(=O)NN3CCC(O[N+](=O)[O-])CC3)nn2-c2ccc(Cl)cc2Cl)cc1. The van der Waals surface area contributed by atoms with Crippen LogP contribution in [0.3, 0.4) is 0 Å². The van der Waals surface area contributed by atoms with Crippen LogP contribution in [0, 0.1) is 17.0 Å². The van der Waals surface area contributed by atoms with Crippen molar-refractivity contribution in [2.24, 2.45) is 0 Å². The number of carbonyl (C=O) groups is 2. The molecule has 1 fully saturated rings. The zero-order valence-corrected chi connectivity index (χ0v) is 25.4. The summed E-state index contributed by atoms with van der Waals surface area (Å²) in [6.45, 7) is 8.51. The van der Waals surface area contributed by atoms with Crippen LogP contribution in [0.1, 0.15) is 61.6 Å². The van der Waals surface area contributed by atoms with Crippen LogP contribution in [-0.4, -0.2) is 57.6 Å². The Morgan fingerprint density at radius 2 is 1.81 bits per heavy atom. The second-order valence-electron chi connectivity index (χ2n) is 10.6. The standard InChI is InChI=1S/C29H33Cl2N5O6/c1-5-16-41-28(38)29(3,4)20-8-6-19(7-9-20)26-18(2)25(32-35(26)24-11-10-21(30)17-23(24)31)27(37)33-34-14-12-22(13-15-34)42-36(39)40/h6-11,17,22H,5,12-16H2,1-4H3,(H,33,37).